The predicted octanol–water partition coefficient (Wildman–Crippen LogP) is 1.88. The maximum Gasteiger partial charge on any atom is 0.125 e. The summed E-state index contributed by atoms with van der Waals surface area (Å²) in [6.07, 6.45) is 3.30. The van der Waals surface area contributed by atoms with Crippen LogP contribution in [0.2, 0.25) is 0 Å². The van der Waals surface area contributed by atoms with Crippen molar-refractivity contribution < 1.29 is 4.74 Å². The molecule has 1 aliphatic carbocycles. The van der Waals surface area contributed by atoms with Crippen LogP contribution in [0.4, 0.5) is 0 Å². The Hall–Kier alpha value is -1.02. The van der Waals surface area contributed by atoms with E-state index in [1.165, 1.54) is 16.7 Å². The zero-order valence-electron chi connectivity index (χ0n) is 8.47. The second-order valence-electron chi connectivity index (χ2n) is 4.54. The summed E-state index contributed by atoms with van der Waals surface area (Å²) in [6.45, 7) is 2.94. The zero-order chi connectivity index (χ0) is 9.76. The van der Waals surface area contributed by atoms with E-state index in [9.17, 15) is 0 Å². The highest BCUT2D eigenvalue weighted by molar-refractivity contribution is 5.49. The summed E-state index contributed by atoms with van der Waals surface area (Å²) in [4.78, 5) is 0. The molecule has 14 heavy (non-hydrogen) atoms. The molecule has 1 aliphatic heterocycles. The number of aryl methyl sites for hydroxylation is 1. The minimum absolute atomic E-state index is 0.0115. The lowest BCUT2D eigenvalue weighted by Crippen LogP contribution is -2.18. The van der Waals surface area contributed by atoms with Crippen molar-refractivity contribution in [2.75, 3.05) is 6.61 Å². The van der Waals surface area contributed by atoms with Crippen molar-refractivity contribution in [2.24, 2.45) is 5.73 Å². The summed E-state index contributed by atoms with van der Waals surface area (Å²) < 4.78 is 5.58. The molecular weight excluding hydrogens is 174 g/mol. The van der Waals surface area contributed by atoms with E-state index in [-0.39, 0.29) is 5.54 Å². The van der Waals surface area contributed by atoms with Crippen LogP contribution < -0.4 is 10.5 Å². The number of hydrogen-bond acceptors (Lipinski definition) is 2. The molecule has 74 valence electrons. The van der Waals surface area contributed by atoms with Gasteiger partial charge in [-0.3, -0.25) is 0 Å². The van der Waals surface area contributed by atoms with Gasteiger partial charge >= 0.3 is 0 Å². The van der Waals surface area contributed by atoms with E-state index in [1.807, 2.05) is 0 Å². The number of rotatable bonds is 1. The van der Waals surface area contributed by atoms with Gasteiger partial charge in [0, 0.05) is 12.0 Å². The molecule has 0 aromatic heterocycles. The van der Waals surface area contributed by atoms with Gasteiger partial charge in [-0.1, -0.05) is 12.1 Å². The Balaban J connectivity index is 2.12. The molecule has 2 aliphatic rings. The number of fused-ring (bicyclic) bond motifs is 1. The van der Waals surface area contributed by atoms with E-state index >= 15 is 0 Å². The second kappa shape index (κ2) is 2.51. The van der Waals surface area contributed by atoms with Crippen LogP contribution in [0.1, 0.15) is 29.5 Å². The van der Waals surface area contributed by atoms with Crippen molar-refractivity contribution in [1.82, 2.24) is 0 Å². The van der Waals surface area contributed by atoms with Crippen molar-refractivity contribution in [3.8, 4) is 5.75 Å². The Morgan fingerprint density at radius 1 is 1.36 bits per heavy atom. The summed E-state index contributed by atoms with van der Waals surface area (Å²) in [6, 6.07) is 4.43. The fraction of sp³-hybridized carbons (Fsp3) is 0.500. The maximum atomic E-state index is 6.19. The van der Waals surface area contributed by atoms with E-state index in [2.05, 4.69) is 19.1 Å². The minimum atomic E-state index is -0.0115. The lowest BCUT2D eigenvalue weighted by atomic mass is 9.98. The SMILES string of the molecule is Cc1cc(C2(N)CC2)cc2c1OCC2. The molecule has 2 nitrogen and oxygen atoms in total. The van der Waals surface area contributed by atoms with Crippen molar-refractivity contribution in [1.29, 1.82) is 0 Å². The first-order valence-corrected chi connectivity index (χ1v) is 5.25. The third-order valence-corrected chi connectivity index (χ3v) is 3.33. The van der Waals surface area contributed by atoms with Gasteiger partial charge in [0.1, 0.15) is 5.75 Å². The first-order chi connectivity index (χ1) is 6.69. The molecule has 2 N–H and O–H groups in total. The van der Waals surface area contributed by atoms with Crippen LogP contribution in [0.5, 0.6) is 5.75 Å². The highest BCUT2D eigenvalue weighted by atomic mass is 16.5. The van der Waals surface area contributed by atoms with Gasteiger partial charge in [-0.25, -0.2) is 0 Å². The smallest absolute Gasteiger partial charge is 0.125 e. The standard InChI is InChI=1S/C12H15NO/c1-8-6-10(12(13)3-4-12)7-9-2-5-14-11(8)9/h6-7H,2-5,13H2,1H3. The molecule has 0 saturated heterocycles. The molecule has 0 bridgehead atoms. The summed E-state index contributed by atoms with van der Waals surface area (Å²) in [5, 5.41) is 0. The van der Waals surface area contributed by atoms with Crippen molar-refractivity contribution in [2.45, 2.75) is 31.7 Å². The van der Waals surface area contributed by atoms with Gasteiger partial charge in [0.15, 0.2) is 0 Å². The minimum Gasteiger partial charge on any atom is -0.493 e. The molecule has 0 unspecified atom stereocenters. The topological polar surface area (TPSA) is 35.2 Å². The Kier molecular flexibility index (Phi) is 1.49. The lowest BCUT2D eigenvalue weighted by Gasteiger charge is -2.12. The molecule has 0 atom stereocenters. The molecule has 0 amide bonds. The van der Waals surface area contributed by atoms with Gasteiger partial charge in [-0.2, -0.15) is 0 Å². The Bertz CT molecular complexity index is 394. The van der Waals surface area contributed by atoms with Crippen molar-refractivity contribution >= 4 is 0 Å². The van der Waals surface area contributed by atoms with Crippen molar-refractivity contribution in [3.63, 3.8) is 0 Å². The largest absolute Gasteiger partial charge is 0.493 e. The lowest BCUT2D eigenvalue weighted by molar-refractivity contribution is 0.354. The van der Waals surface area contributed by atoms with E-state index in [1.54, 1.807) is 0 Å². The van der Waals surface area contributed by atoms with Gasteiger partial charge in [0.05, 0.1) is 6.61 Å². The van der Waals surface area contributed by atoms with E-state index in [0.29, 0.717) is 0 Å². The van der Waals surface area contributed by atoms with Crippen LogP contribution in [0.3, 0.4) is 0 Å². The predicted molar refractivity (Wildman–Crippen MR) is 55.5 cm³/mol. The number of benzene rings is 1. The highest BCUT2D eigenvalue weighted by Gasteiger charge is 2.40. The molecule has 0 radical (unpaired) electrons. The fourth-order valence-electron chi connectivity index (χ4n) is 2.21. The van der Waals surface area contributed by atoms with Gasteiger partial charge in [0.2, 0.25) is 0 Å². The number of ether oxygens (including phenoxy) is 1. The van der Waals surface area contributed by atoms with Gasteiger partial charge in [-0.05, 0) is 36.5 Å². The Labute approximate surface area is 84.1 Å². The molecule has 1 aromatic carbocycles. The third-order valence-electron chi connectivity index (χ3n) is 3.33. The number of nitrogens with two attached hydrogens (primary N) is 1. The molecule has 1 aromatic rings. The zero-order valence-corrected chi connectivity index (χ0v) is 8.47. The van der Waals surface area contributed by atoms with Crippen LogP contribution in [0.25, 0.3) is 0 Å². The third kappa shape index (κ3) is 1.07. The summed E-state index contributed by atoms with van der Waals surface area (Å²) in [5.41, 5.74) is 10.1. The highest BCUT2D eigenvalue weighted by Crippen LogP contribution is 2.45. The van der Waals surface area contributed by atoms with Crippen LogP contribution in [-0.2, 0) is 12.0 Å². The monoisotopic (exact) mass is 189 g/mol. The Morgan fingerprint density at radius 2 is 2.14 bits per heavy atom. The summed E-state index contributed by atoms with van der Waals surface area (Å²) in [5.74, 6) is 1.10. The van der Waals surface area contributed by atoms with Crippen LogP contribution in [0.15, 0.2) is 12.1 Å². The molecule has 1 saturated carbocycles. The molecule has 2 heteroatoms. The average molecular weight is 189 g/mol. The van der Waals surface area contributed by atoms with Gasteiger partial charge in [0.25, 0.3) is 0 Å². The van der Waals surface area contributed by atoms with E-state index in [0.717, 1.165) is 31.6 Å². The van der Waals surface area contributed by atoms with Crippen molar-refractivity contribution in [3.05, 3.63) is 28.8 Å². The molecular formula is C12H15NO. The van der Waals surface area contributed by atoms with E-state index in [4.69, 9.17) is 10.5 Å². The normalized spacial score (nSPS) is 21.6. The van der Waals surface area contributed by atoms with E-state index < -0.39 is 0 Å². The molecule has 1 fully saturated rings. The Morgan fingerprint density at radius 3 is 2.86 bits per heavy atom. The second-order valence-corrected chi connectivity index (χ2v) is 4.54. The summed E-state index contributed by atoms with van der Waals surface area (Å²) >= 11 is 0. The number of hydrogen-bond donors (Lipinski definition) is 1. The fourth-order valence-corrected chi connectivity index (χ4v) is 2.21. The van der Waals surface area contributed by atoms with Gasteiger partial charge in [-0.15, -0.1) is 0 Å². The van der Waals surface area contributed by atoms with Crippen LogP contribution in [0, 0.1) is 6.92 Å². The first kappa shape index (κ1) is 8.30. The van der Waals surface area contributed by atoms with Gasteiger partial charge < -0.3 is 10.5 Å². The molecule has 1 heterocycles. The van der Waals surface area contributed by atoms with Crippen LogP contribution in [-0.4, -0.2) is 6.61 Å². The first-order valence-electron chi connectivity index (χ1n) is 5.25. The quantitative estimate of drug-likeness (QED) is 0.732. The maximum absolute atomic E-state index is 6.19. The molecule has 3 rings (SSSR count). The molecule has 0 spiro atoms. The summed E-state index contributed by atoms with van der Waals surface area (Å²) in [7, 11) is 0. The average Bonchev–Trinajstić information content (AvgIpc) is 2.75. The van der Waals surface area contributed by atoms with Crippen LogP contribution >= 0.6 is 0 Å².